The number of anilines is 1. The number of carboxylic acids is 1. The van der Waals surface area contributed by atoms with Crippen molar-refractivity contribution in [3.8, 4) is 0 Å². The second kappa shape index (κ2) is 6.09. The van der Waals surface area contributed by atoms with Gasteiger partial charge in [-0.05, 0) is 31.4 Å². The van der Waals surface area contributed by atoms with Crippen LogP contribution >= 0.6 is 11.6 Å². The molecule has 0 amide bonds. The largest absolute Gasteiger partial charge is 0.481 e. The van der Waals surface area contributed by atoms with Gasteiger partial charge in [-0.2, -0.15) is 0 Å². The summed E-state index contributed by atoms with van der Waals surface area (Å²) in [4.78, 5) is 23.4. The Kier molecular flexibility index (Phi) is 4.44. The number of nitro groups is 1. The summed E-state index contributed by atoms with van der Waals surface area (Å²) in [5.74, 6) is -0.897. The number of rotatable bonds is 4. The van der Waals surface area contributed by atoms with E-state index in [9.17, 15) is 14.9 Å². The van der Waals surface area contributed by atoms with E-state index in [1.165, 1.54) is 6.07 Å². The number of halogens is 1. The van der Waals surface area contributed by atoms with Crippen molar-refractivity contribution in [1.82, 2.24) is 0 Å². The number of nitro benzene ring substituents is 1. The second-order valence-electron chi connectivity index (χ2n) is 4.81. The van der Waals surface area contributed by atoms with Gasteiger partial charge in [0, 0.05) is 12.6 Å². The average Bonchev–Trinajstić information content (AvgIpc) is 2.38. The van der Waals surface area contributed by atoms with Gasteiger partial charge in [-0.1, -0.05) is 17.7 Å². The highest BCUT2D eigenvalue weighted by molar-refractivity contribution is 6.33. The van der Waals surface area contributed by atoms with Crippen LogP contribution in [0.1, 0.15) is 25.7 Å². The summed E-state index contributed by atoms with van der Waals surface area (Å²) in [5.41, 5.74) is 0.264. The van der Waals surface area contributed by atoms with Gasteiger partial charge in [0.2, 0.25) is 0 Å². The van der Waals surface area contributed by atoms with Crippen molar-refractivity contribution in [2.45, 2.75) is 31.7 Å². The summed E-state index contributed by atoms with van der Waals surface area (Å²) in [7, 11) is 0. The lowest BCUT2D eigenvalue weighted by Gasteiger charge is -2.36. The molecule has 0 saturated carbocycles. The fourth-order valence-corrected chi connectivity index (χ4v) is 2.89. The minimum absolute atomic E-state index is 0.0241. The molecule has 0 radical (unpaired) electrons. The molecule has 2 rings (SSSR count). The normalized spacial score (nSPS) is 18.9. The van der Waals surface area contributed by atoms with Gasteiger partial charge >= 0.3 is 11.7 Å². The Morgan fingerprint density at radius 2 is 2.25 bits per heavy atom. The van der Waals surface area contributed by atoms with Crippen LogP contribution in [-0.4, -0.2) is 28.6 Å². The predicted molar refractivity (Wildman–Crippen MR) is 75.3 cm³/mol. The van der Waals surface area contributed by atoms with Crippen LogP contribution in [0.5, 0.6) is 0 Å². The van der Waals surface area contributed by atoms with Gasteiger partial charge in [0.05, 0.1) is 11.3 Å². The lowest BCUT2D eigenvalue weighted by molar-refractivity contribution is -0.384. The average molecular weight is 299 g/mol. The lowest BCUT2D eigenvalue weighted by Crippen LogP contribution is -2.41. The van der Waals surface area contributed by atoms with E-state index in [1.807, 2.05) is 4.90 Å². The van der Waals surface area contributed by atoms with Crippen LogP contribution in [0.15, 0.2) is 18.2 Å². The molecule has 1 aliphatic heterocycles. The Morgan fingerprint density at radius 1 is 1.50 bits per heavy atom. The van der Waals surface area contributed by atoms with E-state index in [0.29, 0.717) is 12.2 Å². The topological polar surface area (TPSA) is 83.7 Å². The molecular formula is C13H15ClN2O4. The number of carboxylic acid groups (broad SMARTS) is 1. The van der Waals surface area contributed by atoms with Crippen molar-refractivity contribution >= 4 is 28.9 Å². The summed E-state index contributed by atoms with van der Waals surface area (Å²) < 4.78 is 0. The molecule has 1 aromatic carbocycles. The highest BCUT2D eigenvalue weighted by atomic mass is 35.5. The molecule has 0 aliphatic carbocycles. The van der Waals surface area contributed by atoms with E-state index < -0.39 is 10.9 Å². The standard InChI is InChI=1S/C13H15ClN2O4/c14-10-5-3-6-11(13(10)16(19)20)15-7-2-1-4-9(15)8-12(17)18/h3,5-6,9H,1-2,4,7-8H2,(H,17,18). The smallest absolute Gasteiger partial charge is 0.310 e. The Morgan fingerprint density at radius 3 is 2.90 bits per heavy atom. The van der Waals surface area contributed by atoms with E-state index in [1.54, 1.807) is 12.1 Å². The third-order valence-electron chi connectivity index (χ3n) is 3.49. The number of piperidine rings is 1. The van der Waals surface area contributed by atoms with Crippen molar-refractivity contribution in [1.29, 1.82) is 0 Å². The second-order valence-corrected chi connectivity index (χ2v) is 5.21. The molecule has 20 heavy (non-hydrogen) atoms. The SMILES string of the molecule is O=C(O)CC1CCCCN1c1cccc(Cl)c1[N+](=O)[O-]. The minimum atomic E-state index is -0.897. The van der Waals surface area contributed by atoms with E-state index >= 15 is 0 Å². The molecule has 1 saturated heterocycles. The maximum Gasteiger partial charge on any atom is 0.310 e. The van der Waals surface area contributed by atoms with Crippen LogP contribution in [0.2, 0.25) is 5.02 Å². The summed E-state index contributed by atoms with van der Waals surface area (Å²) in [5, 5.41) is 20.2. The third kappa shape index (κ3) is 3.01. The Bertz CT molecular complexity index is 535. The fourth-order valence-electron chi connectivity index (χ4n) is 2.65. The van der Waals surface area contributed by atoms with Crippen molar-refractivity contribution < 1.29 is 14.8 Å². The number of hydrogen-bond donors (Lipinski definition) is 1. The number of para-hydroxylation sites is 1. The molecule has 1 atom stereocenters. The molecule has 1 heterocycles. The molecule has 1 N–H and O–H groups in total. The van der Waals surface area contributed by atoms with E-state index in [4.69, 9.17) is 16.7 Å². The van der Waals surface area contributed by atoms with Gasteiger partial charge in [-0.15, -0.1) is 0 Å². The molecule has 0 spiro atoms. The van der Waals surface area contributed by atoms with Gasteiger partial charge in [-0.3, -0.25) is 14.9 Å². The Labute approximate surface area is 121 Å². The Balaban J connectivity index is 2.39. The summed E-state index contributed by atoms with van der Waals surface area (Å²) in [6.07, 6.45) is 2.52. The first-order valence-electron chi connectivity index (χ1n) is 6.42. The molecule has 0 bridgehead atoms. The van der Waals surface area contributed by atoms with Gasteiger partial charge < -0.3 is 10.0 Å². The summed E-state index contributed by atoms with van der Waals surface area (Å²) in [6, 6.07) is 4.53. The van der Waals surface area contributed by atoms with Crippen LogP contribution in [0.25, 0.3) is 0 Å². The maximum absolute atomic E-state index is 11.2. The zero-order valence-electron chi connectivity index (χ0n) is 10.8. The number of benzene rings is 1. The number of aliphatic carboxylic acids is 1. The van der Waals surface area contributed by atoms with Crippen LogP contribution in [0.3, 0.4) is 0 Å². The van der Waals surface area contributed by atoms with Gasteiger partial charge in [0.1, 0.15) is 10.7 Å². The van der Waals surface area contributed by atoms with Crippen LogP contribution < -0.4 is 4.90 Å². The predicted octanol–water partition coefficient (Wildman–Crippen LogP) is 3.08. The zero-order chi connectivity index (χ0) is 14.7. The molecule has 108 valence electrons. The van der Waals surface area contributed by atoms with Crippen molar-refractivity contribution in [3.05, 3.63) is 33.3 Å². The highest BCUT2D eigenvalue weighted by Crippen LogP contribution is 2.38. The van der Waals surface area contributed by atoms with E-state index in [2.05, 4.69) is 0 Å². The molecule has 1 aliphatic rings. The van der Waals surface area contributed by atoms with Crippen molar-refractivity contribution in [2.75, 3.05) is 11.4 Å². The number of hydrogen-bond acceptors (Lipinski definition) is 4. The summed E-state index contributed by atoms with van der Waals surface area (Å²) >= 11 is 5.91. The molecule has 7 heteroatoms. The van der Waals surface area contributed by atoms with Crippen molar-refractivity contribution in [3.63, 3.8) is 0 Å². The first-order valence-corrected chi connectivity index (χ1v) is 6.80. The van der Waals surface area contributed by atoms with Crippen molar-refractivity contribution in [2.24, 2.45) is 0 Å². The molecular weight excluding hydrogens is 284 g/mol. The number of carbonyl (C=O) groups is 1. The van der Waals surface area contributed by atoms with Gasteiger partial charge in [0.15, 0.2) is 0 Å². The number of nitrogens with zero attached hydrogens (tertiary/aromatic N) is 2. The first-order chi connectivity index (χ1) is 9.50. The summed E-state index contributed by atoms with van der Waals surface area (Å²) in [6.45, 7) is 0.610. The quantitative estimate of drug-likeness (QED) is 0.682. The minimum Gasteiger partial charge on any atom is -0.481 e. The molecule has 1 unspecified atom stereocenters. The van der Waals surface area contributed by atoms with Crippen LogP contribution in [-0.2, 0) is 4.79 Å². The van der Waals surface area contributed by atoms with Crippen LogP contribution in [0, 0.1) is 10.1 Å². The molecule has 6 nitrogen and oxygen atoms in total. The molecule has 1 aromatic rings. The third-order valence-corrected chi connectivity index (χ3v) is 3.80. The molecule has 0 aromatic heterocycles. The van der Waals surface area contributed by atoms with E-state index in [-0.39, 0.29) is 23.2 Å². The first kappa shape index (κ1) is 14.6. The van der Waals surface area contributed by atoms with E-state index in [0.717, 1.165) is 19.3 Å². The Hall–Kier alpha value is -1.82. The van der Waals surface area contributed by atoms with Gasteiger partial charge in [0.25, 0.3) is 0 Å². The maximum atomic E-state index is 11.2. The highest BCUT2D eigenvalue weighted by Gasteiger charge is 2.30. The van der Waals surface area contributed by atoms with Gasteiger partial charge in [-0.25, -0.2) is 0 Å². The van der Waals surface area contributed by atoms with Crippen LogP contribution in [0.4, 0.5) is 11.4 Å². The zero-order valence-corrected chi connectivity index (χ0v) is 11.5. The fraction of sp³-hybridized carbons (Fsp3) is 0.462. The molecule has 1 fully saturated rings. The lowest BCUT2D eigenvalue weighted by atomic mass is 9.98. The monoisotopic (exact) mass is 298 g/mol.